The van der Waals surface area contributed by atoms with E-state index < -0.39 is 38.3 Å². The molecule has 1 aromatic heterocycles. The maximum absolute atomic E-state index is 13.5. The van der Waals surface area contributed by atoms with E-state index in [1.165, 1.54) is 0 Å². The fourth-order valence-electron chi connectivity index (χ4n) is 1.60. The molecular weight excluding hydrogens is 320 g/mol. The van der Waals surface area contributed by atoms with Gasteiger partial charge in [-0.05, 0) is 19.1 Å². The van der Waals surface area contributed by atoms with Gasteiger partial charge in [-0.15, -0.1) is 0 Å². The Morgan fingerprint density at radius 1 is 1.41 bits per heavy atom. The quantitative estimate of drug-likeness (QED) is 0.812. The van der Waals surface area contributed by atoms with Gasteiger partial charge < -0.3 is 4.74 Å². The third-order valence-electron chi connectivity index (χ3n) is 2.54. The number of ether oxygens (including phenoxy) is 1. The molecule has 0 unspecified atom stereocenters. The van der Waals surface area contributed by atoms with Crippen LogP contribution in [-0.4, -0.2) is 31.2 Å². The van der Waals surface area contributed by atoms with Crippen LogP contribution in [0.4, 0.5) is 14.5 Å². The summed E-state index contributed by atoms with van der Waals surface area (Å²) in [5, 5.41) is 4.98. The van der Waals surface area contributed by atoms with Crippen molar-refractivity contribution in [2.75, 3.05) is 11.3 Å². The zero-order valence-corrected chi connectivity index (χ0v) is 12.1. The number of hydrogen-bond donors (Lipinski definition) is 2. The second kappa shape index (κ2) is 6.10. The number of benzene rings is 1. The summed E-state index contributed by atoms with van der Waals surface area (Å²) < 4.78 is 57.5. The summed E-state index contributed by atoms with van der Waals surface area (Å²) in [6.45, 7) is 1.59. The first-order valence-corrected chi connectivity index (χ1v) is 7.52. The minimum Gasteiger partial charge on any atom is -0.462 e. The first kappa shape index (κ1) is 15.9. The van der Waals surface area contributed by atoms with Crippen molar-refractivity contribution >= 4 is 21.7 Å². The normalized spacial score (nSPS) is 11.2. The minimum atomic E-state index is -4.38. The summed E-state index contributed by atoms with van der Waals surface area (Å²) in [5.74, 6) is -2.70. The first-order chi connectivity index (χ1) is 10.3. The fourth-order valence-corrected chi connectivity index (χ4v) is 2.75. The average molecular weight is 331 g/mol. The Morgan fingerprint density at radius 2 is 2.14 bits per heavy atom. The molecule has 0 atom stereocenters. The molecular formula is C12H11F2N3O4S. The van der Waals surface area contributed by atoms with Crippen molar-refractivity contribution in [2.45, 2.75) is 11.9 Å². The number of nitrogens with one attached hydrogen (secondary N) is 2. The number of halogens is 2. The molecule has 118 valence electrons. The third-order valence-corrected chi connectivity index (χ3v) is 3.88. The monoisotopic (exact) mass is 331 g/mol. The van der Waals surface area contributed by atoms with Gasteiger partial charge in [0.1, 0.15) is 17.2 Å². The summed E-state index contributed by atoms with van der Waals surface area (Å²) >= 11 is 0. The van der Waals surface area contributed by atoms with Crippen LogP contribution < -0.4 is 4.72 Å². The molecule has 2 N–H and O–H groups in total. The Labute approximate surface area is 124 Å². The van der Waals surface area contributed by atoms with Crippen molar-refractivity contribution in [1.29, 1.82) is 0 Å². The van der Waals surface area contributed by atoms with Crippen LogP contribution in [0.5, 0.6) is 0 Å². The topological polar surface area (TPSA) is 101 Å². The van der Waals surface area contributed by atoms with Crippen molar-refractivity contribution in [3.8, 4) is 0 Å². The summed E-state index contributed by atoms with van der Waals surface area (Å²) in [5.41, 5.74) is -0.935. The summed E-state index contributed by atoms with van der Waals surface area (Å²) in [7, 11) is -4.38. The summed E-state index contributed by atoms with van der Waals surface area (Å²) in [4.78, 5) is 11.6. The molecule has 0 aliphatic heterocycles. The maximum atomic E-state index is 13.5. The lowest BCUT2D eigenvalue weighted by atomic mass is 10.3. The number of anilines is 1. The first-order valence-electron chi connectivity index (χ1n) is 6.03. The lowest BCUT2D eigenvalue weighted by molar-refractivity contribution is 0.0522. The molecule has 0 amide bonds. The van der Waals surface area contributed by atoms with E-state index >= 15 is 0 Å². The highest BCUT2D eigenvalue weighted by Gasteiger charge is 2.26. The Bertz CT molecular complexity index is 804. The van der Waals surface area contributed by atoms with Crippen LogP contribution in [0, 0.1) is 11.6 Å². The van der Waals surface area contributed by atoms with E-state index in [1.54, 1.807) is 6.92 Å². The lowest BCUT2D eigenvalue weighted by Gasteiger charge is -2.09. The Hall–Kier alpha value is -2.49. The van der Waals surface area contributed by atoms with Gasteiger partial charge in [0.05, 0.1) is 18.5 Å². The van der Waals surface area contributed by atoms with Crippen LogP contribution >= 0.6 is 0 Å². The largest absolute Gasteiger partial charge is 0.462 e. The van der Waals surface area contributed by atoms with E-state index in [9.17, 15) is 22.0 Å². The molecule has 0 bridgehead atoms. The average Bonchev–Trinajstić information content (AvgIpc) is 2.93. The Kier molecular flexibility index (Phi) is 4.40. The zero-order valence-electron chi connectivity index (χ0n) is 11.3. The van der Waals surface area contributed by atoms with Crippen LogP contribution in [0.1, 0.15) is 17.3 Å². The van der Waals surface area contributed by atoms with Gasteiger partial charge in [-0.2, -0.15) is 13.5 Å². The van der Waals surface area contributed by atoms with Crippen LogP contribution in [0.2, 0.25) is 0 Å². The van der Waals surface area contributed by atoms with E-state index in [4.69, 9.17) is 0 Å². The molecule has 10 heteroatoms. The van der Waals surface area contributed by atoms with Crippen molar-refractivity contribution in [1.82, 2.24) is 10.2 Å². The molecule has 0 saturated heterocycles. The number of esters is 1. The van der Waals surface area contributed by atoms with Crippen molar-refractivity contribution in [3.63, 3.8) is 0 Å². The molecule has 2 rings (SSSR count). The van der Waals surface area contributed by atoms with E-state index in [-0.39, 0.29) is 12.2 Å². The predicted molar refractivity (Wildman–Crippen MR) is 71.7 cm³/mol. The minimum absolute atomic E-state index is 0.0372. The summed E-state index contributed by atoms with van der Waals surface area (Å²) in [6, 6.07) is 2.28. The number of aromatic nitrogens is 2. The van der Waals surface area contributed by atoms with Gasteiger partial charge >= 0.3 is 5.97 Å². The zero-order chi connectivity index (χ0) is 16.3. The third kappa shape index (κ3) is 3.22. The fraction of sp³-hybridized carbons (Fsp3) is 0.167. The standard InChI is InChI=1S/C12H11F2N3O4S/c1-2-21-12(18)8-6-15-16-11(8)22(19,20)17-10-5-7(13)3-4-9(10)14/h3-6,17H,2H2,1H3,(H,15,16). The number of hydrogen-bond acceptors (Lipinski definition) is 5. The number of rotatable bonds is 5. The van der Waals surface area contributed by atoms with Crippen LogP contribution in [0.15, 0.2) is 29.4 Å². The van der Waals surface area contributed by atoms with Gasteiger partial charge in [0.2, 0.25) is 0 Å². The van der Waals surface area contributed by atoms with Gasteiger partial charge in [-0.25, -0.2) is 13.6 Å². The van der Waals surface area contributed by atoms with Gasteiger partial charge in [0.25, 0.3) is 10.0 Å². The number of sulfonamides is 1. The maximum Gasteiger partial charge on any atom is 0.342 e. The highest BCUT2D eigenvalue weighted by Crippen LogP contribution is 2.21. The van der Waals surface area contributed by atoms with Gasteiger partial charge in [0, 0.05) is 6.07 Å². The van der Waals surface area contributed by atoms with Crippen LogP contribution in [-0.2, 0) is 14.8 Å². The highest BCUT2D eigenvalue weighted by atomic mass is 32.2. The van der Waals surface area contributed by atoms with E-state index in [2.05, 4.69) is 14.9 Å². The number of carbonyl (C=O) groups is 1. The Balaban J connectivity index is 2.38. The van der Waals surface area contributed by atoms with Crippen molar-refractivity contribution in [2.24, 2.45) is 0 Å². The van der Waals surface area contributed by atoms with E-state index in [1.807, 2.05) is 4.72 Å². The lowest BCUT2D eigenvalue weighted by Crippen LogP contribution is -2.18. The molecule has 7 nitrogen and oxygen atoms in total. The van der Waals surface area contributed by atoms with Gasteiger partial charge in [-0.3, -0.25) is 9.82 Å². The molecule has 1 heterocycles. The van der Waals surface area contributed by atoms with E-state index in [0.29, 0.717) is 6.07 Å². The molecule has 2 aromatic rings. The van der Waals surface area contributed by atoms with E-state index in [0.717, 1.165) is 18.3 Å². The molecule has 22 heavy (non-hydrogen) atoms. The molecule has 0 aliphatic rings. The van der Waals surface area contributed by atoms with Crippen molar-refractivity contribution in [3.05, 3.63) is 41.6 Å². The second-order valence-corrected chi connectivity index (χ2v) is 5.68. The number of aromatic amines is 1. The summed E-state index contributed by atoms with van der Waals surface area (Å²) in [6.07, 6.45) is 0.967. The number of carbonyl (C=O) groups excluding carboxylic acids is 1. The second-order valence-electron chi connectivity index (χ2n) is 4.06. The highest BCUT2D eigenvalue weighted by molar-refractivity contribution is 7.92. The van der Waals surface area contributed by atoms with Gasteiger partial charge in [0.15, 0.2) is 5.03 Å². The smallest absolute Gasteiger partial charge is 0.342 e. The molecule has 0 saturated carbocycles. The Morgan fingerprint density at radius 3 is 2.82 bits per heavy atom. The SMILES string of the molecule is CCOC(=O)c1cn[nH]c1S(=O)(=O)Nc1cc(F)ccc1F. The van der Waals surface area contributed by atoms with Crippen LogP contribution in [0.3, 0.4) is 0 Å². The van der Waals surface area contributed by atoms with Crippen molar-refractivity contribution < 1.29 is 26.7 Å². The molecule has 0 radical (unpaired) electrons. The number of nitrogens with zero attached hydrogens (tertiary/aromatic N) is 1. The predicted octanol–water partition coefficient (Wildman–Crippen LogP) is 1.67. The van der Waals surface area contributed by atoms with Crippen LogP contribution in [0.25, 0.3) is 0 Å². The molecule has 0 fully saturated rings. The number of H-pyrrole nitrogens is 1. The molecule has 0 aliphatic carbocycles. The molecule has 1 aromatic carbocycles. The van der Waals surface area contributed by atoms with Gasteiger partial charge in [-0.1, -0.05) is 0 Å². The molecule has 0 spiro atoms.